The SMILES string of the molecule is C=C(CC(CC(=O)O)C(=O)NCC)CC(C)(C)CC. The Bertz CT molecular complexity index is 334. The van der Waals surface area contributed by atoms with Crippen molar-refractivity contribution < 1.29 is 14.7 Å². The Morgan fingerprint density at radius 3 is 2.26 bits per heavy atom. The van der Waals surface area contributed by atoms with Crippen LogP contribution in [0.4, 0.5) is 0 Å². The summed E-state index contributed by atoms with van der Waals surface area (Å²) in [6.07, 6.45) is 2.15. The van der Waals surface area contributed by atoms with Gasteiger partial charge in [0.15, 0.2) is 0 Å². The Morgan fingerprint density at radius 2 is 1.84 bits per heavy atom. The molecule has 2 N–H and O–H groups in total. The molecule has 1 atom stereocenters. The summed E-state index contributed by atoms with van der Waals surface area (Å²) >= 11 is 0. The van der Waals surface area contributed by atoms with E-state index in [2.05, 4.69) is 32.7 Å². The van der Waals surface area contributed by atoms with Crippen molar-refractivity contribution in [1.82, 2.24) is 5.32 Å². The van der Waals surface area contributed by atoms with Crippen LogP contribution in [-0.2, 0) is 9.59 Å². The fourth-order valence-electron chi connectivity index (χ4n) is 2.01. The van der Waals surface area contributed by atoms with Crippen LogP contribution in [0.1, 0.15) is 53.4 Å². The number of rotatable bonds is 9. The third kappa shape index (κ3) is 7.65. The lowest BCUT2D eigenvalue weighted by molar-refractivity contribution is -0.141. The number of carboxylic acid groups (broad SMARTS) is 1. The van der Waals surface area contributed by atoms with Gasteiger partial charge in [0.05, 0.1) is 12.3 Å². The highest BCUT2D eigenvalue weighted by Gasteiger charge is 2.24. The molecule has 0 aromatic heterocycles. The van der Waals surface area contributed by atoms with Gasteiger partial charge in [-0.15, -0.1) is 0 Å². The van der Waals surface area contributed by atoms with E-state index in [0.717, 1.165) is 18.4 Å². The van der Waals surface area contributed by atoms with E-state index in [0.29, 0.717) is 13.0 Å². The molecule has 0 aromatic carbocycles. The molecule has 0 radical (unpaired) electrons. The number of amides is 1. The molecule has 110 valence electrons. The van der Waals surface area contributed by atoms with Gasteiger partial charge in [0, 0.05) is 6.54 Å². The maximum Gasteiger partial charge on any atom is 0.304 e. The number of carboxylic acids is 1. The topological polar surface area (TPSA) is 66.4 Å². The minimum Gasteiger partial charge on any atom is -0.481 e. The standard InChI is InChI=1S/C15H27NO3/c1-6-15(4,5)10-11(3)8-12(9-13(17)18)14(19)16-7-2/h12H,3,6-10H2,1-2,4-5H3,(H,16,19)(H,17,18). The summed E-state index contributed by atoms with van der Waals surface area (Å²) in [5.41, 5.74) is 1.09. The van der Waals surface area contributed by atoms with Crippen LogP contribution in [0.2, 0.25) is 0 Å². The zero-order valence-corrected chi connectivity index (χ0v) is 12.6. The van der Waals surface area contributed by atoms with E-state index in [9.17, 15) is 9.59 Å². The highest BCUT2D eigenvalue weighted by Crippen LogP contribution is 2.31. The summed E-state index contributed by atoms with van der Waals surface area (Å²) in [6.45, 7) is 12.8. The molecule has 1 amide bonds. The predicted molar refractivity (Wildman–Crippen MR) is 76.9 cm³/mol. The zero-order chi connectivity index (χ0) is 15.1. The van der Waals surface area contributed by atoms with Crippen LogP contribution in [0.15, 0.2) is 12.2 Å². The van der Waals surface area contributed by atoms with Gasteiger partial charge in [-0.25, -0.2) is 0 Å². The first kappa shape index (κ1) is 17.7. The molecule has 19 heavy (non-hydrogen) atoms. The van der Waals surface area contributed by atoms with Crippen molar-refractivity contribution in [2.24, 2.45) is 11.3 Å². The Hall–Kier alpha value is -1.32. The van der Waals surface area contributed by atoms with E-state index < -0.39 is 11.9 Å². The van der Waals surface area contributed by atoms with E-state index in [-0.39, 0.29) is 17.7 Å². The molecule has 0 saturated heterocycles. The molecule has 1 unspecified atom stereocenters. The van der Waals surface area contributed by atoms with Gasteiger partial charge >= 0.3 is 5.97 Å². The van der Waals surface area contributed by atoms with E-state index in [4.69, 9.17) is 5.11 Å². The lowest BCUT2D eigenvalue weighted by Gasteiger charge is -2.25. The minimum atomic E-state index is -0.946. The largest absolute Gasteiger partial charge is 0.481 e. The van der Waals surface area contributed by atoms with Gasteiger partial charge in [0.2, 0.25) is 5.91 Å². The number of allylic oxidation sites excluding steroid dienone is 1. The molecule has 0 aliphatic carbocycles. The molecule has 0 aromatic rings. The first-order chi connectivity index (χ1) is 8.71. The number of nitrogens with one attached hydrogen (secondary N) is 1. The van der Waals surface area contributed by atoms with Gasteiger partial charge in [0.1, 0.15) is 0 Å². The van der Waals surface area contributed by atoms with E-state index >= 15 is 0 Å². The highest BCUT2D eigenvalue weighted by atomic mass is 16.4. The molecular weight excluding hydrogens is 242 g/mol. The molecule has 4 nitrogen and oxygen atoms in total. The maximum absolute atomic E-state index is 11.8. The van der Waals surface area contributed by atoms with Crippen molar-refractivity contribution in [3.05, 3.63) is 12.2 Å². The second-order valence-electron chi connectivity index (χ2n) is 5.84. The summed E-state index contributed by atoms with van der Waals surface area (Å²) in [6, 6.07) is 0. The maximum atomic E-state index is 11.8. The monoisotopic (exact) mass is 269 g/mol. The highest BCUT2D eigenvalue weighted by molar-refractivity contribution is 5.83. The third-order valence-electron chi connectivity index (χ3n) is 3.36. The van der Waals surface area contributed by atoms with Crippen LogP contribution < -0.4 is 5.32 Å². The Balaban J connectivity index is 4.59. The van der Waals surface area contributed by atoms with E-state index in [1.54, 1.807) is 0 Å². The van der Waals surface area contributed by atoms with Crippen LogP contribution >= 0.6 is 0 Å². The van der Waals surface area contributed by atoms with Crippen molar-refractivity contribution in [2.75, 3.05) is 6.54 Å². The Kier molecular flexibility index (Phi) is 7.42. The lowest BCUT2D eigenvalue weighted by atomic mass is 9.81. The van der Waals surface area contributed by atoms with Gasteiger partial charge in [-0.05, 0) is 25.2 Å². The van der Waals surface area contributed by atoms with Gasteiger partial charge < -0.3 is 10.4 Å². The molecular formula is C15H27NO3. The van der Waals surface area contributed by atoms with Crippen LogP contribution in [0.5, 0.6) is 0 Å². The number of aliphatic carboxylic acids is 1. The van der Waals surface area contributed by atoms with Crippen LogP contribution in [0.25, 0.3) is 0 Å². The van der Waals surface area contributed by atoms with Crippen LogP contribution in [0, 0.1) is 11.3 Å². The van der Waals surface area contributed by atoms with Crippen molar-refractivity contribution in [1.29, 1.82) is 0 Å². The predicted octanol–water partition coefficient (Wildman–Crippen LogP) is 2.99. The fourth-order valence-corrected chi connectivity index (χ4v) is 2.01. The lowest BCUT2D eigenvalue weighted by Crippen LogP contribution is -2.32. The Labute approximate surface area is 116 Å². The van der Waals surface area contributed by atoms with E-state index in [1.165, 1.54) is 0 Å². The van der Waals surface area contributed by atoms with Crippen molar-refractivity contribution in [3.8, 4) is 0 Å². The van der Waals surface area contributed by atoms with Gasteiger partial charge in [0.25, 0.3) is 0 Å². The minimum absolute atomic E-state index is 0.141. The first-order valence-corrected chi connectivity index (χ1v) is 6.88. The van der Waals surface area contributed by atoms with Crippen molar-refractivity contribution in [3.63, 3.8) is 0 Å². The molecule has 0 bridgehead atoms. The second-order valence-corrected chi connectivity index (χ2v) is 5.84. The third-order valence-corrected chi connectivity index (χ3v) is 3.36. The van der Waals surface area contributed by atoms with Gasteiger partial charge in [-0.2, -0.15) is 0 Å². The molecule has 0 aliphatic heterocycles. The smallest absolute Gasteiger partial charge is 0.304 e. The first-order valence-electron chi connectivity index (χ1n) is 6.88. The fraction of sp³-hybridized carbons (Fsp3) is 0.733. The molecule has 0 saturated carbocycles. The summed E-state index contributed by atoms with van der Waals surface area (Å²) in [7, 11) is 0. The number of carbonyl (C=O) groups is 2. The number of carbonyl (C=O) groups excluding carboxylic acids is 1. The summed E-state index contributed by atoms with van der Waals surface area (Å²) in [5.74, 6) is -1.66. The summed E-state index contributed by atoms with van der Waals surface area (Å²) in [4.78, 5) is 22.7. The molecule has 0 heterocycles. The van der Waals surface area contributed by atoms with Crippen LogP contribution in [-0.4, -0.2) is 23.5 Å². The average Bonchev–Trinajstić information content (AvgIpc) is 2.27. The normalized spacial score (nSPS) is 12.8. The summed E-state index contributed by atoms with van der Waals surface area (Å²) < 4.78 is 0. The molecule has 0 rings (SSSR count). The number of hydrogen-bond donors (Lipinski definition) is 2. The number of hydrogen-bond acceptors (Lipinski definition) is 2. The summed E-state index contributed by atoms with van der Waals surface area (Å²) in [5, 5.41) is 11.6. The Morgan fingerprint density at radius 1 is 1.26 bits per heavy atom. The molecule has 0 spiro atoms. The van der Waals surface area contributed by atoms with Crippen molar-refractivity contribution >= 4 is 11.9 Å². The van der Waals surface area contributed by atoms with Gasteiger partial charge in [-0.1, -0.05) is 39.3 Å². The quantitative estimate of drug-likeness (QED) is 0.632. The molecule has 0 fully saturated rings. The van der Waals surface area contributed by atoms with Gasteiger partial charge in [-0.3, -0.25) is 9.59 Å². The molecule has 4 heteroatoms. The van der Waals surface area contributed by atoms with Crippen LogP contribution in [0.3, 0.4) is 0 Å². The second kappa shape index (κ2) is 7.97. The van der Waals surface area contributed by atoms with Crippen molar-refractivity contribution in [2.45, 2.75) is 53.4 Å². The molecule has 0 aliphatic rings. The average molecular weight is 269 g/mol. The van der Waals surface area contributed by atoms with E-state index in [1.807, 2.05) is 6.92 Å². The zero-order valence-electron chi connectivity index (χ0n) is 12.6.